The van der Waals surface area contributed by atoms with Crippen molar-refractivity contribution in [3.05, 3.63) is 23.2 Å². The minimum Gasteiger partial charge on any atom is -0.326 e. The highest BCUT2D eigenvalue weighted by Gasteiger charge is 2.38. The lowest BCUT2D eigenvalue weighted by Crippen LogP contribution is -2.39. The molecule has 0 bridgehead atoms. The second kappa shape index (κ2) is 8.19. The van der Waals surface area contributed by atoms with E-state index in [4.69, 9.17) is 11.6 Å². The molecule has 3 atom stereocenters. The fourth-order valence-electron chi connectivity index (χ4n) is 3.64. The molecule has 2 fully saturated rings. The van der Waals surface area contributed by atoms with Crippen molar-refractivity contribution in [3.8, 4) is 0 Å². The summed E-state index contributed by atoms with van der Waals surface area (Å²) in [7, 11) is 0. The molecule has 1 saturated carbocycles. The zero-order valence-electron chi connectivity index (χ0n) is 13.6. The Balaban J connectivity index is 0.00000208. The topological polar surface area (TPSA) is 70.2 Å². The van der Waals surface area contributed by atoms with E-state index in [2.05, 4.69) is 16.0 Å². The van der Waals surface area contributed by atoms with E-state index < -0.39 is 0 Å². The van der Waals surface area contributed by atoms with Crippen molar-refractivity contribution in [1.82, 2.24) is 5.32 Å². The minimum absolute atomic E-state index is 0. The van der Waals surface area contributed by atoms with Gasteiger partial charge in [-0.3, -0.25) is 9.59 Å². The Kier molecular flexibility index (Phi) is 6.49. The third kappa shape index (κ3) is 4.41. The van der Waals surface area contributed by atoms with Crippen LogP contribution in [0.5, 0.6) is 0 Å². The van der Waals surface area contributed by atoms with E-state index in [0.29, 0.717) is 28.4 Å². The van der Waals surface area contributed by atoms with Crippen LogP contribution in [0.3, 0.4) is 0 Å². The van der Waals surface area contributed by atoms with Crippen LogP contribution in [0.4, 0.5) is 11.4 Å². The van der Waals surface area contributed by atoms with E-state index in [9.17, 15) is 9.59 Å². The van der Waals surface area contributed by atoms with Crippen molar-refractivity contribution in [2.45, 2.75) is 51.1 Å². The fraction of sp³-hybridized carbons (Fsp3) is 0.529. The molecule has 0 spiro atoms. The number of carbonyl (C=O) groups is 2. The number of fused-ring (bicyclic) bond motifs is 1. The van der Waals surface area contributed by atoms with E-state index in [0.717, 1.165) is 12.8 Å². The SMILES string of the molecule is CC(=O)Nc1ccc(Cl)c(NC(=O)C2CC3CCCCC3N2)c1.Cl. The highest BCUT2D eigenvalue weighted by molar-refractivity contribution is 6.34. The third-order valence-corrected chi connectivity index (χ3v) is 5.05. The van der Waals surface area contributed by atoms with Gasteiger partial charge in [-0.1, -0.05) is 24.4 Å². The molecule has 3 N–H and O–H groups in total. The Morgan fingerprint density at radius 2 is 1.96 bits per heavy atom. The van der Waals surface area contributed by atoms with Gasteiger partial charge in [0.25, 0.3) is 0 Å². The lowest BCUT2D eigenvalue weighted by molar-refractivity contribution is -0.118. The number of amides is 2. The third-order valence-electron chi connectivity index (χ3n) is 4.72. The molecular formula is C17H23Cl2N3O2. The van der Waals surface area contributed by atoms with Gasteiger partial charge in [0.05, 0.1) is 16.8 Å². The second-order valence-corrected chi connectivity index (χ2v) is 6.88. The number of carbonyl (C=O) groups excluding carboxylic acids is 2. The van der Waals surface area contributed by atoms with Gasteiger partial charge < -0.3 is 16.0 Å². The van der Waals surface area contributed by atoms with Crippen LogP contribution in [0.25, 0.3) is 0 Å². The molecule has 1 heterocycles. The smallest absolute Gasteiger partial charge is 0.241 e. The standard InChI is InChI=1S/C17H22ClN3O2.ClH/c1-10(22)19-12-6-7-13(18)15(9-12)21-17(23)16-8-11-4-2-3-5-14(11)20-16;/h6-7,9,11,14,16,20H,2-5,8H2,1H3,(H,19,22)(H,21,23);1H. The Labute approximate surface area is 153 Å². The van der Waals surface area contributed by atoms with Gasteiger partial charge in [0.15, 0.2) is 0 Å². The van der Waals surface area contributed by atoms with Gasteiger partial charge in [0.1, 0.15) is 0 Å². The predicted octanol–water partition coefficient (Wildman–Crippen LogP) is 3.58. The van der Waals surface area contributed by atoms with Crippen molar-refractivity contribution in [2.24, 2.45) is 5.92 Å². The second-order valence-electron chi connectivity index (χ2n) is 6.47. The summed E-state index contributed by atoms with van der Waals surface area (Å²) in [4.78, 5) is 23.7. The average Bonchev–Trinajstić information content (AvgIpc) is 2.94. The van der Waals surface area contributed by atoms with E-state index in [-0.39, 0.29) is 30.3 Å². The first-order chi connectivity index (χ1) is 11.0. The molecule has 1 aliphatic carbocycles. The molecule has 2 amide bonds. The van der Waals surface area contributed by atoms with Crippen molar-refractivity contribution in [2.75, 3.05) is 10.6 Å². The monoisotopic (exact) mass is 371 g/mol. The van der Waals surface area contributed by atoms with Crippen molar-refractivity contribution >= 4 is 47.2 Å². The summed E-state index contributed by atoms with van der Waals surface area (Å²) in [6.07, 6.45) is 5.77. The van der Waals surface area contributed by atoms with Gasteiger partial charge in [-0.25, -0.2) is 0 Å². The lowest BCUT2D eigenvalue weighted by atomic mass is 9.85. The number of rotatable bonds is 3. The number of benzene rings is 1. The Morgan fingerprint density at radius 1 is 1.21 bits per heavy atom. The van der Waals surface area contributed by atoms with Crippen LogP contribution in [-0.2, 0) is 9.59 Å². The van der Waals surface area contributed by atoms with Crippen LogP contribution < -0.4 is 16.0 Å². The van der Waals surface area contributed by atoms with E-state index in [1.165, 1.54) is 26.2 Å². The predicted molar refractivity (Wildman–Crippen MR) is 98.9 cm³/mol. The zero-order valence-corrected chi connectivity index (χ0v) is 15.2. The van der Waals surface area contributed by atoms with Crippen LogP contribution in [0.1, 0.15) is 39.0 Å². The minimum atomic E-state index is -0.163. The number of nitrogens with one attached hydrogen (secondary N) is 3. The maximum atomic E-state index is 12.5. The number of anilines is 2. The normalized spacial score (nSPS) is 25.3. The number of hydrogen-bond acceptors (Lipinski definition) is 3. The molecule has 2 aliphatic rings. The molecule has 3 rings (SSSR count). The molecular weight excluding hydrogens is 349 g/mol. The van der Waals surface area contributed by atoms with E-state index in [1.807, 2.05) is 0 Å². The number of halogens is 2. The molecule has 1 aromatic carbocycles. The Bertz CT molecular complexity index is 610. The summed E-state index contributed by atoms with van der Waals surface area (Å²) in [6.45, 7) is 1.44. The molecule has 132 valence electrons. The van der Waals surface area contributed by atoms with Gasteiger partial charge in [-0.15, -0.1) is 12.4 Å². The molecule has 1 aliphatic heterocycles. The van der Waals surface area contributed by atoms with E-state index in [1.54, 1.807) is 18.2 Å². The maximum Gasteiger partial charge on any atom is 0.241 e. The zero-order chi connectivity index (χ0) is 16.4. The van der Waals surface area contributed by atoms with Crippen LogP contribution in [0.2, 0.25) is 5.02 Å². The summed E-state index contributed by atoms with van der Waals surface area (Å²) in [6, 6.07) is 5.37. The van der Waals surface area contributed by atoms with Gasteiger partial charge in [0, 0.05) is 18.7 Å². The van der Waals surface area contributed by atoms with Crippen LogP contribution in [0, 0.1) is 5.92 Å². The Hall–Kier alpha value is -1.30. The highest BCUT2D eigenvalue weighted by atomic mass is 35.5. The summed E-state index contributed by atoms with van der Waals surface area (Å²) < 4.78 is 0. The van der Waals surface area contributed by atoms with Gasteiger partial charge in [-0.05, 0) is 43.4 Å². The quantitative estimate of drug-likeness (QED) is 0.760. The summed E-state index contributed by atoms with van der Waals surface area (Å²) in [5.41, 5.74) is 1.14. The van der Waals surface area contributed by atoms with Crippen LogP contribution >= 0.6 is 24.0 Å². The number of hydrogen-bond donors (Lipinski definition) is 3. The molecule has 7 heteroatoms. The summed E-state index contributed by atoms with van der Waals surface area (Å²) >= 11 is 6.16. The Morgan fingerprint density at radius 3 is 2.67 bits per heavy atom. The molecule has 0 radical (unpaired) electrons. The summed E-state index contributed by atoms with van der Waals surface area (Å²) in [5, 5.41) is 9.50. The molecule has 24 heavy (non-hydrogen) atoms. The average molecular weight is 372 g/mol. The van der Waals surface area contributed by atoms with Crippen molar-refractivity contribution in [3.63, 3.8) is 0 Å². The van der Waals surface area contributed by atoms with Crippen molar-refractivity contribution < 1.29 is 9.59 Å². The molecule has 0 aromatic heterocycles. The molecule has 5 nitrogen and oxygen atoms in total. The molecule has 1 aromatic rings. The first-order valence-electron chi connectivity index (χ1n) is 8.17. The highest BCUT2D eigenvalue weighted by Crippen LogP contribution is 2.34. The van der Waals surface area contributed by atoms with Crippen LogP contribution in [-0.4, -0.2) is 23.9 Å². The van der Waals surface area contributed by atoms with Crippen molar-refractivity contribution in [1.29, 1.82) is 0 Å². The summed E-state index contributed by atoms with van der Waals surface area (Å²) in [5.74, 6) is 0.396. The van der Waals surface area contributed by atoms with E-state index >= 15 is 0 Å². The molecule has 1 saturated heterocycles. The van der Waals surface area contributed by atoms with Gasteiger partial charge in [0.2, 0.25) is 11.8 Å². The first-order valence-corrected chi connectivity index (χ1v) is 8.55. The fourth-order valence-corrected chi connectivity index (χ4v) is 3.81. The van der Waals surface area contributed by atoms with Gasteiger partial charge in [-0.2, -0.15) is 0 Å². The van der Waals surface area contributed by atoms with Crippen LogP contribution in [0.15, 0.2) is 18.2 Å². The largest absolute Gasteiger partial charge is 0.326 e. The first kappa shape index (κ1) is 19.0. The molecule has 3 unspecified atom stereocenters. The van der Waals surface area contributed by atoms with Gasteiger partial charge >= 0.3 is 0 Å². The maximum absolute atomic E-state index is 12.5. The lowest BCUT2D eigenvalue weighted by Gasteiger charge is -2.24.